The lowest BCUT2D eigenvalue weighted by Crippen LogP contribution is -2.71. The van der Waals surface area contributed by atoms with Crippen LogP contribution in [-0.2, 0) is 9.53 Å². The number of fused-ring (bicyclic) bond motifs is 2. The second-order valence-corrected chi connectivity index (χ2v) is 15.2. The van der Waals surface area contributed by atoms with E-state index in [0.717, 1.165) is 82.0 Å². The zero-order valence-electron chi connectivity index (χ0n) is 30.8. The molecule has 1 aliphatic carbocycles. The van der Waals surface area contributed by atoms with Crippen LogP contribution in [0.1, 0.15) is 66.2 Å². The molecule has 4 aliphatic heterocycles. The number of benzene rings is 1. The summed E-state index contributed by atoms with van der Waals surface area (Å²) in [4.78, 5) is 50.4. The zero-order valence-corrected chi connectivity index (χ0v) is 30.8. The number of hydrogen-bond acceptors (Lipinski definition) is 10. The molecule has 2 N–H and O–H groups in total. The van der Waals surface area contributed by atoms with E-state index in [1.54, 1.807) is 22.0 Å². The van der Waals surface area contributed by atoms with Crippen LogP contribution in [0, 0.1) is 17.8 Å². The second kappa shape index (κ2) is 15.2. The first-order valence-corrected chi connectivity index (χ1v) is 19.3. The number of nitrogens with zero attached hydrogens (tertiary/aromatic N) is 9. The predicted octanol–water partition coefficient (Wildman–Crippen LogP) is 3.55. The maximum atomic E-state index is 14.2. The Labute approximate surface area is 321 Å². The molecular weight excluding hydrogens is 724 g/mol. The molecule has 5 fully saturated rings. The lowest BCUT2D eigenvalue weighted by atomic mass is 9.85. The summed E-state index contributed by atoms with van der Waals surface area (Å²) in [7, 11) is 0. The van der Waals surface area contributed by atoms with Gasteiger partial charge in [-0.3, -0.25) is 29.4 Å². The summed E-state index contributed by atoms with van der Waals surface area (Å²) >= 11 is 0. The Kier molecular flexibility index (Phi) is 9.86. The quantitative estimate of drug-likeness (QED) is 0.243. The van der Waals surface area contributed by atoms with Crippen LogP contribution in [0.25, 0.3) is 5.65 Å². The van der Waals surface area contributed by atoms with E-state index in [1.807, 2.05) is 30.3 Å². The highest BCUT2D eigenvalue weighted by Gasteiger charge is 2.48. The van der Waals surface area contributed by atoms with Crippen LogP contribution in [0.5, 0.6) is 0 Å². The van der Waals surface area contributed by atoms with E-state index in [-0.39, 0.29) is 35.7 Å². The zero-order chi connectivity index (χ0) is 38.3. The molecule has 1 aromatic carbocycles. The molecule has 1 unspecified atom stereocenters. The van der Waals surface area contributed by atoms with Crippen LogP contribution in [0.2, 0.25) is 0 Å². The van der Waals surface area contributed by atoms with Crippen molar-refractivity contribution in [3.8, 4) is 11.8 Å². The number of ether oxygens (including phenoxy) is 1. The third kappa shape index (κ3) is 7.31. The van der Waals surface area contributed by atoms with E-state index >= 15 is 0 Å². The van der Waals surface area contributed by atoms with Crippen molar-refractivity contribution in [3.63, 3.8) is 0 Å². The van der Waals surface area contributed by atoms with Gasteiger partial charge in [0, 0.05) is 75.9 Å². The van der Waals surface area contributed by atoms with Crippen molar-refractivity contribution in [3.05, 3.63) is 65.7 Å². The third-order valence-electron chi connectivity index (χ3n) is 11.7. The minimum atomic E-state index is -2.85. The first kappa shape index (κ1) is 36.2. The Balaban J connectivity index is 0.748. The van der Waals surface area contributed by atoms with E-state index < -0.39 is 24.1 Å². The van der Waals surface area contributed by atoms with Crippen molar-refractivity contribution in [2.75, 3.05) is 74.1 Å². The van der Waals surface area contributed by atoms with Gasteiger partial charge in [-0.2, -0.15) is 10.2 Å². The summed E-state index contributed by atoms with van der Waals surface area (Å²) in [5.74, 6) is 6.92. The predicted molar refractivity (Wildman–Crippen MR) is 202 cm³/mol. The van der Waals surface area contributed by atoms with Crippen molar-refractivity contribution >= 4 is 40.7 Å². The van der Waals surface area contributed by atoms with Gasteiger partial charge in [0.15, 0.2) is 11.3 Å². The largest absolute Gasteiger partial charge is 0.372 e. The van der Waals surface area contributed by atoms with Crippen LogP contribution in [0.3, 0.4) is 0 Å². The summed E-state index contributed by atoms with van der Waals surface area (Å²) in [6.07, 6.45) is 5.93. The second-order valence-electron chi connectivity index (χ2n) is 15.2. The molecule has 9 rings (SSSR count). The number of imide groups is 1. The Morgan fingerprint density at radius 2 is 1.88 bits per heavy atom. The van der Waals surface area contributed by atoms with Gasteiger partial charge >= 0.3 is 6.03 Å². The van der Waals surface area contributed by atoms with Gasteiger partial charge < -0.3 is 19.9 Å². The normalized spacial score (nSPS) is 24.3. The van der Waals surface area contributed by atoms with Gasteiger partial charge in [0.1, 0.15) is 11.4 Å². The average molecular weight is 768 g/mol. The van der Waals surface area contributed by atoms with Gasteiger partial charge in [0.25, 0.3) is 12.3 Å². The first-order chi connectivity index (χ1) is 27.3. The number of anilines is 3. The van der Waals surface area contributed by atoms with E-state index in [0.29, 0.717) is 37.3 Å². The summed E-state index contributed by atoms with van der Waals surface area (Å²) in [5.41, 5.74) is 1.66. The molecule has 1 saturated carbocycles. The van der Waals surface area contributed by atoms with Gasteiger partial charge in [-0.15, -0.1) is 0 Å². The number of carbonyl (C=O) groups excluding carboxylic acids is 3. The Morgan fingerprint density at radius 3 is 2.61 bits per heavy atom. The van der Waals surface area contributed by atoms with Crippen molar-refractivity contribution in [2.45, 2.75) is 56.7 Å². The molecule has 292 valence electrons. The summed E-state index contributed by atoms with van der Waals surface area (Å²) < 4.78 is 37.0. The summed E-state index contributed by atoms with van der Waals surface area (Å²) in [6.45, 7) is 7.15. The minimum absolute atomic E-state index is 0.00106. The number of rotatable bonds is 9. The number of nitrogens with one attached hydrogen (secondary N) is 2. The Morgan fingerprint density at radius 1 is 1.05 bits per heavy atom. The number of aromatic nitrogens is 5. The summed E-state index contributed by atoms with van der Waals surface area (Å²) in [5, 5.41) is 13.6. The highest BCUT2D eigenvalue weighted by Crippen LogP contribution is 2.36. The fraction of sp³-hybridized carbons (Fsp3) is 0.487. The standard InChI is InChI=1S/C39H43F2N11O4/c40-36(41)35-30(43-38(54)29-20-42-51-14-10-33(44-37(29)51)50-23-32-31(50)24-56-32)22-52(46-35)27-8-6-26(7-9-27)21-48-17-15-47(16-18-48)12-2-4-25-3-1-5-28(19-25)49-13-11-34(53)45-39(49)55/h1,3,5,10,14,19-20,22,26-27,31-32,36H,6-9,11-13,15-18,21,23-24H2,(H,43,54)(H,45,53,55)/t26-,27-,31?,32-/m0/s1. The molecule has 0 bridgehead atoms. The van der Waals surface area contributed by atoms with Gasteiger partial charge in [-0.25, -0.2) is 23.1 Å². The fourth-order valence-electron chi connectivity index (χ4n) is 8.36. The SMILES string of the molecule is O=C1CCN(c2cccc(C#CCN3CCN(C[C@H]4CC[C@H](n5cc(NC(=O)c6cnn7ccc(N8C[C@@H]9OCC98)nc67)c(C(F)F)n5)CC4)CC3)c2)C(=O)N1. The van der Waals surface area contributed by atoms with Gasteiger partial charge in [-0.1, -0.05) is 17.9 Å². The molecule has 5 aliphatic rings. The van der Waals surface area contributed by atoms with E-state index in [9.17, 15) is 23.2 Å². The Bertz CT molecular complexity index is 2200. The van der Waals surface area contributed by atoms with Crippen LogP contribution in [0.15, 0.2) is 48.9 Å². The number of morpholine rings is 1. The number of urea groups is 1. The van der Waals surface area contributed by atoms with Crippen LogP contribution in [-0.4, -0.2) is 123 Å². The van der Waals surface area contributed by atoms with Crippen LogP contribution in [0.4, 0.5) is 30.8 Å². The molecule has 56 heavy (non-hydrogen) atoms. The van der Waals surface area contributed by atoms with Gasteiger partial charge in [-0.05, 0) is 55.9 Å². The molecule has 3 aromatic heterocycles. The van der Waals surface area contributed by atoms with Crippen molar-refractivity contribution < 1.29 is 27.9 Å². The molecule has 7 heterocycles. The van der Waals surface area contributed by atoms with Crippen molar-refractivity contribution in [1.29, 1.82) is 0 Å². The lowest BCUT2D eigenvalue weighted by molar-refractivity contribution is -0.120. The molecule has 15 nitrogen and oxygen atoms in total. The van der Waals surface area contributed by atoms with Crippen molar-refractivity contribution in [1.82, 2.24) is 39.5 Å². The Hall–Kier alpha value is -5.44. The molecule has 2 atom stereocenters. The monoisotopic (exact) mass is 767 g/mol. The topological polar surface area (TPSA) is 145 Å². The molecule has 4 saturated heterocycles. The molecule has 0 radical (unpaired) electrons. The molecule has 4 aromatic rings. The minimum Gasteiger partial charge on any atom is -0.372 e. The maximum absolute atomic E-state index is 14.2. The number of piperazine rings is 1. The van der Waals surface area contributed by atoms with Gasteiger partial charge in [0.05, 0.1) is 43.2 Å². The number of hydrogen-bond donors (Lipinski definition) is 2. The first-order valence-electron chi connectivity index (χ1n) is 19.3. The number of alkyl halides is 2. The van der Waals surface area contributed by atoms with Crippen molar-refractivity contribution in [2.24, 2.45) is 5.92 Å². The highest BCUT2D eigenvalue weighted by molar-refractivity contribution is 6.08. The van der Waals surface area contributed by atoms with E-state index in [2.05, 4.69) is 52.4 Å². The summed E-state index contributed by atoms with van der Waals surface area (Å²) in [6, 6.07) is 9.21. The molecular formula is C39H43F2N11O4. The van der Waals surface area contributed by atoms with Gasteiger partial charge in [0.2, 0.25) is 5.91 Å². The number of halogens is 2. The average Bonchev–Trinajstić information content (AvgIpc) is 3.82. The molecule has 17 heteroatoms. The van der Waals surface area contributed by atoms with Crippen LogP contribution < -0.4 is 20.4 Å². The molecule has 4 amide bonds. The smallest absolute Gasteiger partial charge is 0.328 e. The maximum Gasteiger partial charge on any atom is 0.328 e. The lowest BCUT2D eigenvalue weighted by Gasteiger charge is -2.55. The fourth-order valence-corrected chi connectivity index (χ4v) is 8.36. The molecule has 0 spiro atoms. The van der Waals surface area contributed by atoms with E-state index in [1.165, 1.54) is 10.7 Å². The van der Waals surface area contributed by atoms with E-state index in [4.69, 9.17) is 4.74 Å². The third-order valence-corrected chi connectivity index (χ3v) is 11.7. The highest BCUT2D eigenvalue weighted by atomic mass is 19.3. The number of amides is 4. The number of carbonyl (C=O) groups is 3. The van der Waals surface area contributed by atoms with Crippen LogP contribution >= 0.6 is 0 Å².